The molecule has 0 aliphatic carbocycles. The molecular weight excluding hydrogens is 306 g/mol. The number of benzene rings is 1. The third-order valence-electron chi connectivity index (χ3n) is 2.68. The first-order valence-corrected chi connectivity index (χ1v) is 6.13. The lowest BCUT2D eigenvalue weighted by atomic mass is 10.2. The summed E-state index contributed by atoms with van der Waals surface area (Å²) in [6.07, 6.45) is 1.16. The first kappa shape index (κ1) is 11.1. The number of likely N-dealkylation sites (tertiary alicyclic amines) is 1. The molecule has 0 saturated carbocycles. The van der Waals surface area contributed by atoms with Gasteiger partial charge >= 0.3 is 0 Å². The molecular formula is C11H14FIN2. The van der Waals surface area contributed by atoms with Crippen LogP contribution in [0.3, 0.4) is 0 Å². The molecule has 1 atom stereocenters. The lowest BCUT2D eigenvalue weighted by Gasteiger charge is -2.15. The SMILES string of the molecule is CN1CCC(Nc2ccc(F)cc2I)C1. The highest BCUT2D eigenvalue weighted by Gasteiger charge is 2.19. The lowest BCUT2D eigenvalue weighted by Crippen LogP contribution is -2.23. The summed E-state index contributed by atoms with van der Waals surface area (Å²) in [6.45, 7) is 2.20. The monoisotopic (exact) mass is 320 g/mol. The van der Waals surface area contributed by atoms with Gasteiger partial charge in [0.15, 0.2) is 0 Å². The van der Waals surface area contributed by atoms with Crippen molar-refractivity contribution in [2.75, 3.05) is 25.5 Å². The van der Waals surface area contributed by atoms with Gasteiger partial charge in [-0.3, -0.25) is 0 Å². The van der Waals surface area contributed by atoms with Crippen LogP contribution in [0.25, 0.3) is 0 Å². The van der Waals surface area contributed by atoms with Crippen LogP contribution in [0.15, 0.2) is 18.2 Å². The van der Waals surface area contributed by atoms with Crippen molar-refractivity contribution in [2.45, 2.75) is 12.5 Å². The number of halogens is 2. The maximum atomic E-state index is 12.9. The van der Waals surface area contributed by atoms with E-state index in [4.69, 9.17) is 0 Å². The highest BCUT2D eigenvalue weighted by atomic mass is 127. The summed E-state index contributed by atoms with van der Waals surface area (Å²) in [7, 11) is 2.12. The van der Waals surface area contributed by atoms with E-state index < -0.39 is 0 Å². The zero-order valence-corrected chi connectivity index (χ0v) is 10.8. The zero-order chi connectivity index (χ0) is 10.8. The molecule has 1 saturated heterocycles. The van der Waals surface area contributed by atoms with Gasteiger partial charge in [0.05, 0.1) is 0 Å². The molecule has 1 heterocycles. The molecule has 0 amide bonds. The molecule has 4 heteroatoms. The van der Waals surface area contributed by atoms with Crippen molar-refractivity contribution in [2.24, 2.45) is 0 Å². The summed E-state index contributed by atoms with van der Waals surface area (Å²) in [5, 5.41) is 3.45. The molecule has 82 valence electrons. The largest absolute Gasteiger partial charge is 0.380 e. The number of hydrogen-bond donors (Lipinski definition) is 1. The molecule has 1 aromatic carbocycles. The Morgan fingerprint density at radius 3 is 2.93 bits per heavy atom. The van der Waals surface area contributed by atoms with Crippen molar-refractivity contribution >= 4 is 28.3 Å². The Morgan fingerprint density at radius 1 is 1.53 bits per heavy atom. The van der Waals surface area contributed by atoms with E-state index in [1.165, 1.54) is 6.07 Å². The van der Waals surface area contributed by atoms with Gasteiger partial charge in [0.1, 0.15) is 5.82 Å². The minimum atomic E-state index is -0.173. The molecule has 2 nitrogen and oxygen atoms in total. The van der Waals surface area contributed by atoms with Crippen LogP contribution in [0, 0.1) is 9.39 Å². The highest BCUT2D eigenvalue weighted by Crippen LogP contribution is 2.21. The molecule has 0 radical (unpaired) electrons. The summed E-state index contributed by atoms with van der Waals surface area (Å²) in [5.74, 6) is -0.173. The van der Waals surface area contributed by atoms with Crippen molar-refractivity contribution in [3.63, 3.8) is 0 Å². The van der Waals surface area contributed by atoms with Gasteiger partial charge in [0.25, 0.3) is 0 Å². The first-order valence-electron chi connectivity index (χ1n) is 5.05. The predicted molar refractivity (Wildman–Crippen MR) is 68.6 cm³/mol. The number of rotatable bonds is 2. The predicted octanol–water partition coefficient (Wildman–Crippen LogP) is 2.55. The van der Waals surface area contributed by atoms with Gasteiger partial charge in [0.2, 0.25) is 0 Å². The van der Waals surface area contributed by atoms with Crippen LogP contribution >= 0.6 is 22.6 Å². The topological polar surface area (TPSA) is 15.3 Å². The number of nitrogens with one attached hydrogen (secondary N) is 1. The standard InChI is InChI=1S/C11H14FIN2/c1-15-5-4-9(7-15)14-11-3-2-8(12)6-10(11)13/h2-3,6,9,14H,4-5,7H2,1H3. The molecule has 15 heavy (non-hydrogen) atoms. The molecule has 1 unspecified atom stereocenters. The molecule has 1 aliphatic heterocycles. The summed E-state index contributed by atoms with van der Waals surface area (Å²) < 4.78 is 13.8. The van der Waals surface area contributed by atoms with Gasteiger partial charge in [-0.25, -0.2) is 4.39 Å². The van der Waals surface area contributed by atoms with E-state index in [9.17, 15) is 4.39 Å². The average molecular weight is 320 g/mol. The Morgan fingerprint density at radius 2 is 2.33 bits per heavy atom. The minimum Gasteiger partial charge on any atom is -0.380 e. The normalized spacial score (nSPS) is 21.9. The van der Waals surface area contributed by atoms with E-state index in [2.05, 4.69) is 39.9 Å². The fraction of sp³-hybridized carbons (Fsp3) is 0.455. The van der Waals surface area contributed by atoms with Gasteiger partial charge in [-0.2, -0.15) is 0 Å². The van der Waals surface area contributed by atoms with E-state index >= 15 is 0 Å². The third-order valence-corrected chi connectivity index (χ3v) is 3.57. The number of anilines is 1. The minimum absolute atomic E-state index is 0.173. The second-order valence-electron chi connectivity index (χ2n) is 4.02. The maximum Gasteiger partial charge on any atom is 0.124 e. The van der Waals surface area contributed by atoms with Crippen molar-refractivity contribution in [1.29, 1.82) is 0 Å². The molecule has 1 aromatic rings. The molecule has 1 N–H and O–H groups in total. The Balaban J connectivity index is 2.04. The summed E-state index contributed by atoms with van der Waals surface area (Å²) in [6, 6.07) is 5.37. The Hall–Kier alpha value is -0.360. The lowest BCUT2D eigenvalue weighted by molar-refractivity contribution is 0.414. The smallest absolute Gasteiger partial charge is 0.124 e. The zero-order valence-electron chi connectivity index (χ0n) is 8.63. The third kappa shape index (κ3) is 2.81. The maximum absolute atomic E-state index is 12.9. The van der Waals surface area contributed by atoms with Crippen LogP contribution in [0.2, 0.25) is 0 Å². The quantitative estimate of drug-likeness (QED) is 0.843. The van der Waals surface area contributed by atoms with Gasteiger partial charge in [0, 0.05) is 21.8 Å². The van der Waals surface area contributed by atoms with Crippen LogP contribution in [0.4, 0.5) is 10.1 Å². The van der Waals surface area contributed by atoms with Crippen molar-refractivity contribution in [1.82, 2.24) is 4.90 Å². The van der Waals surface area contributed by atoms with Gasteiger partial charge < -0.3 is 10.2 Å². The number of hydrogen-bond acceptors (Lipinski definition) is 2. The van der Waals surface area contributed by atoms with Gasteiger partial charge in [-0.05, 0) is 60.8 Å². The van der Waals surface area contributed by atoms with Crippen LogP contribution < -0.4 is 5.32 Å². The average Bonchev–Trinajstić information content (AvgIpc) is 2.56. The number of likely N-dealkylation sites (N-methyl/N-ethyl adjacent to an activating group) is 1. The van der Waals surface area contributed by atoms with Crippen molar-refractivity contribution in [3.05, 3.63) is 27.6 Å². The number of nitrogens with zero attached hydrogens (tertiary/aromatic N) is 1. The van der Waals surface area contributed by atoms with Crippen molar-refractivity contribution in [3.8, 4) is 0 Å². The molecule has 0 aromatic heterocycles. The van der Waals surface area contributed by atoms with E-state index in [-0.39, 0.29) is 5.82 Å². The fourth-order valence-corrected chi connectivity index (χ4v) is 2.51. The van der Waals surface area contributed by atoms with E-state index in [0.29, 0.717) is 6.04 Å². The molecule has 0 spiro atoms. The Kier molecular flexibility index (Phi) is 3.45. The highest BCUT2D eigenvalue weighted by molar-refractivity contribution is 14.1. The summed E-state index contributed by atoms with van der Waals surface area (Å²) >= 11 is 2.16. The van der Waals surface area contributed by atoms with Crippen LogP contribution in [-0.4, -0.2) is 31.1 Å². The first-order chi connectivity index (χ1) is 7.15. The van der Waals surface area contributed by atoms with Crippen LogP contribution in [-0.2, 0) is 0 Å². The summed E-state index contributed by atoms with van der Waals surface area (Å²) in [5.41, 5.74) is 1.04. The second-order valence-corrected chi connectivity index (χ2v) is 5.18. The van der Waals surface area contributed by atoms with Crippen LogP contribution in [0.5, 0.6) is 0 Å². The summed E-state index contributed by atoms with van der Waals surface area (Å²) in [4.78, 5) is 2.30. The van der Waals surface area contributed by atoms with Gasteiger partial charge in [-0.15, -0.1) is 0 Å². The second kappa shape index (κ2) is 4.65. The van der Waals surface area contributed by atoms with Gasteiger partial charge in [-0.1, -0.05) is 0 Å². The van der Waals surface area contributed by atoms with Crippen LogP contribution in [0.1, 0.15) is 6.42 Å². The fourth-order valence-electron chi connectivity index (χ4n) is 1.88. The molecule has 1 fully saturated rings. The molecule has 2 rings (SSSR count). The molecule has 0 bridgehead atoms. The van der Waals surface area contributed by atoms with E-state index in [1.807, 2.05) is 6.07 Å². The van der Waals surface area contributed by atoms with E-state index in [0.717, 1.165) is 28.8 Å². The molecule has 1 aliphatic rings. The van der Waals surface area contributed by atoms with Crippen molar-refractivity contribution < 1.29 is 4.39 Å². The Labute approximate surface area is 103 Å². The Bertz CT molecular complexity index is 356. The van der Waals surface area contributed by atoms with E-state index in [1.54, 1.807) is 6.07 Å².